The van der Waals surface area contributed by atoms with E-state index in [9.17, 15) is 4.21 Å². The van der Waals surface area contributed by atoms with Gasteiger partial charge in [-0.05, 0) is 12.8 Å². The van der Waals surface area contributed by atoms with Gasteiger partial charge < -0.3 is 0 Å². The van der Waals surface area contributed by atoms with E-state index in [0.29, 0.717) is 5.75 Å². The summed E-state index contributed by atoms with van der Waals surface area (Å²) >= 11 is 0. The first-order valence-electron chi connectivity index (χ1n) is 4.53. The average Bonchev–Trinajstić information content (AvgIpc) is 2.06. The topological polar surface area (TPSA) is 40.9 Å². The quantitative estimate of drug-likeness (QED) is 0.678. The van der Waals surface area contributed by atoms with Crippen LogP contribution in [0.25, 0.3) is 0 Å². The molecule has 0 aromatic carbocycles. The van der Waals surface area contributed by atoms with Gasteiger partial charge in [0.05, 0.1) is 9.73 Å². The van der Waals surface area contributed by atoms with Gasteiger partial charge in [0.25, 0.3) is 0 Å². The molecule has 0 saturated heterocycles. The SMILES string of the molecule is C=CCS(=N)(=O)C1CCCCC1. The number of hydrogen-bond donors (Lipinski definition) is 1. The van der Waals surface area contributed by atoms with E-state index in [2.05, 4.69) is 6.58 Å². The normalized spacial score (nSPS) is 24.7. The Hall–Kier alpha value is -0.310. The minimum Gasteiger partial charge on any atom is -0.252 e. The number of hydrogen-bond acceptors (Lipinski definition) is 2. The molecule has 70 valence electrons. The van der Waals surface area contributed by atoms with E-state index in [0.717, 1.165) is 25.7 Å². The van der Waals surface area contributed by atoms with Crippen molar-refractivity contribution in [3.63, 3.8) is 0 Å². The molecule has 0 heterocycles. The first kappa shape index (κ1) is 9.78. The van der Waals surface area contributed by atoms with Crippen LogP contribution < -0.4 is 0 Å². The average molecular weight is 187 g/mol. The van der Waals surface area contributed by atoms with Gasteiger partial charge in [-0.1, -0.05) is 25.3 Å². The molecule has 0 bridgehead atoms. The van der Waals surface area contributed by atoms with E-state index in [1.54, 1.807) is 6.08 Å². The van der Waals surface area contributed by atoms with Crippen LogP contribution in [0.5, 0.6) is 0 Å². The van der Waals surface area contributed by atoms with E-state index in [4.69, 9.17) is 4.78 Å². The lowest BCUT2D eigenvalue weighted by molar-refractivity contribution is 0.502. The Balaban J connectivity index is 2.60. The molecule has 1 N–H and O–H groups in total. The molecule has 3 heteroatoms. The Morgan fingerprint density at radius 2 is 2.00 bits per heavy atom. The van der Waals surface area contributed by atoms with Gasteiger partial charge in [0, 0.05) is 11.0 Å². The lowest BCUT2D eigenvalue weighted by Gasteiger charge is -2.23. The van der Waals surface area contributed by atoms with Crippen LogP contribution in [-0.2, 0) is 9.73 Å². The lowest BCUT2D eigenvalue weighted by atomic mass is 10.0. The Kier molecular flexibility index (Phi) is 3.32. The summed E-state index contributed by atoms with van der Waals surface area (Å²) in [5, 5.41) is 0.143. The van der Waals surface area contributed by atoms with Crippen LogP contribution in [0.4, 0.5) is 0 Å². The van der Waals surface area contributed by atoms with Crippen molar-refractivity contribution in [1.82, 2.24) is 0 Å². The van der Waals surface area contributed by atoms with Crippen molar-refractivity contribution in [2.45, 2.75) is 37.4 Å². The molecule has 1 rings (SSSR count). The zero-order valence-electron chi connectivity index (χ0n) is 7.42. The maximum atomic E-state index is 11.7. The van der Waals surface area contributed by atoms with Crippen LogP contribution >= 0.6 is 0 Å². The molecule has 0 amide bonds. The summed E-state index contributed by atoms with van der Waals surface area (Å²) in [5.41, 5.74) is 0. The maximum absolute atomic E-state index is 11.7. The fourth-order valence-electron chi connectivity index (χ4n) is 1.76. The van der Waals surface area contributed by atoms with Gasteiger partial charge in [-0.15, -0.1) is 6.58 Å². The third-order valence-electron chi connectivity index (χ3n) is 2.46. The van der Waals surface area contributed by atoms with Gasteiger partial charge in [-0.25, -0.2) is 4.21 Å². The fraction of sp³-hybridized carbons (Fsp3) is 0.778. The second-order valence-electron chi connectivity index (χ2n) is 3.44. The van der Waals surface area contributed by atoms with Gasteiger partial charge in [0.1, 0.15) is 0 Å². The summed E-state index contributed by atoms with van der Waals surface area (Å²) in [6.07, 6.45) is 7.13. The van der Waals surface area contributed by atoms with Crippen molar-refractivity contribution in [2.75, 3.05) is 5.75 Å². The number of nitrogens with one attached hydrogen (secondary N) is 1. The molecule has 0 spiro atoms. The first-order valence-corrected chi connectivity index (χ1v) is 6.32. The lowest BCUT2D eigenvalue weighted by Crippen LogP contribution is -2.24. The van der Waals surface area contributed by atoms with Crippen molar-refractivity contribution in [3.8, 4) is 0 Å². The fourth-order valence-corrected chi connectivity index (χ4v) is 3.47. The molecular weight excluding hydrogens is 170 g/mol. The van der Waals surface area contributed by atoms with Crippen molar-refractivity contribution in [2.24, 2.45) is 0 Å². The molecule has 1 unspecified atom stereocenters. The predicted molar refractivity (Wildman–Crippen MR) is 52.8 cm³/mol. The van der Waals surface area contributed by atoms with Gasteiger partial charge in [0.15, 0.2) is 0 Å². The summed E-state index contributed by atoms with van der Waals surface area (Å²) in [7, 11) is -2.35. The second-order valence-corrected chi connectivity index (χ2v) is 5.89. The molecule has 12 heavy (non-hydrogen) atoms. The van der Waals surface area contributed by atoms with Crippen molar-refractivity contribution < 1.29 is 4.21 Å². The van der Waals surface area contributed by atoms with E-state index >= 15 is 0 Å². The van der Waals surface area contributed by atoms with E-state index in [1.807, 2.05) is 0 Å². The van der Waals surface area contributed by atoms with Gasteiger partial charge in [-0.2, -0.15) is 0 Å². The first-order chi connectivity index (χ1) is 5.67. The third-order valence-corrected chi connectivity index (χ3v) is 4.74. The largest absolute Gasteiger partial charge is 0.252 e. The summed E-state index contributed by atoms with van der Waals surface area (Å²) in [4.78, 5) is 0. The summed E-state index contributed by atoms with van der Waals surface area (Å²) in [6, 6.07) is 0. The van der Waals surface area contributed by atoms with Gasteiger partial charge in [0.2, 0.25) is 0 Å². The predicted octanol–water partition coefficient (Wildman–Crippen LogP) is 2.55. The molecule has 1 atom stereocenters. The Bertz CT molecular complexity index is 237. The zero-order valence-corrected chi connectivity index (χ0v) is 8.24. The van der Waals surface area contributed by atoms with E-state index < -0.39 is 9.73 Å². The molecule has 2 nitrogen and oxygen atoms in total. The summed E-state index contributed by atoms with van der Waals surface area (Å²) in [6.45, 7) is 3.54. The highest BCUT2D eigenvalue weighted by atomic mass is 32.2. The molecule has 0 aliphatic heterocycles. The Morgan fingerprint density at radius 1 is 1.42 bits per heavy atom. The third kappa shape index (κ3) is 2.34. The van der Waals surface area contributed by atoms with Crippen LogP contribution in [0.15, 0.2) is 12.7 Å². The minimum atomic E-state index is -2.35. The molecule has 0 aromatic heterocycles. The van der Waals surface area contributed by atoms with E-state index in [1.165, 1.54) is 6.42 Å². The van der Waals surface area contributed by atoms with Crippen molar-refractivity contribution in [3.05, 3.63) is 12.7 Å². The van der Waals surface area contributed by atoms with Crippen LogP contribution in [0.3, 0.4) is 0 Å². The number of rotatable bonds is 3. The Morgan fingerprint density at radius 3 is 2.50 bits per heavy atom. The highest BCUT2D eigenvalue weighted by molar-refractivity contribution is 7.93. The van der Waals surface area contributed by atoms with Crippen LogP contribution in [0, 0.1) is 4.78 Å². The highest BCUT2D eigenvalue weighted by Gasteiger charge is 2.22. The molecular formula is C9H17NOS. The molecule has 1 fully saturated rings. The summed E-state index contributed by atoms with van der Waals surface area (Å²) < 4.78 is 19.4. The van der Waals surface area contributed by atoms with Gasteiger partial charge in [-0.3, -0.25) is 4.78 Å². The molecule has 1 aliphatic rings. The van der Waals surface area contributed by atoms with Gasteiger partial charge >= 0.3 is 0 Å². The summed E-state index contributed by atoms with van der Waals surface area (Å²) in [5.74, 6) is 0.373. The van der Waals surface area contributed by atoms with Crippen LogP contribution in [0.2, 0.25) is 0 Å². The highest BCUT2D eigenvalue weighted by Crippen LogP contribution is 2.24. The smallest absolute Gasteiger partial charge is 0.0506 e. The molecule has 0 aromatic rings. The molecule has 0 radical (unpaired) electrons. The van der Waals surface area contributed by atoms with E-state index in [-0.39, 0.29) is 5.25 Å². The molecule has 1 aliphatic carbocycles. The van der Waals surface area contributed by atoms with Crippen LogP contribution in [-0.4, -0.2) is 15.2 Å². The monoisotopic (exact) mass is 187 g/mol. The zero-order chi connectivity index (χ0) is 9.03. The van der Waals surface area contributed by atoms with Crippen molar-refractivity contribution >= 4 is 9.73 Å². The molecule has 1 saturated carbocycles. The van der Waals surface area contributed by atoms with Crippen molar-refractivity contribution in [1.29, 1.82) is 4.78 Å². The van der Waals surface area contributed by atoms with Crippen LogP contribution in [0.1, 0.15) is 32.1 Å². The standard InChI is InChI=1S/C9H17NOS/c1-2-8-12(10,11)9-6-4-3-5-7-9/h2,9-10H,1,3-8H2. The Labute approximate surface area is 75.0 Å². The second kappa shape index (κ2) is 4.08. The maximum Gasteiger partial charge on any atom is 0.0506 e. The minimum absolute atomic E-state index is 0.143.